The first-order valence-electron chi connectivity index (χ1n) is 10.7. The second-order valence-corrected chi connectivity index (χ2v) is 9.82. The Balaban J connectivity index is 1.47. The zero-order valence-corrected chi connectivity index (χ0v) is 18.4. The van der Waals surface area contributed by atoms with Crippen LogP contribution in [-0.2, 0) is 0 Å². The van der Waals surface area contributed by atoms with E-state index in [2.05, 4.69) is 17.9 Å². The number of anilines is 1. The third-order valence-electron chi connectivity index (χ3n) is 6.20. The maximum absolute atomic E-state index is 13.2. The van der Waals surface area contributed by atoms with Crippen LogP contribution in [0.2, 0.25) is 0 Å². The highest BCUT2D eigenvalue weighted by atomic mass is 32.1. The monoisotopic (exact) mass is 424 g/mol. The molecule has 2 N–H and O–H groups in total. The molecule has 5 heterocycles. The second kappa shape index (κ2) is 7.67. The molecule has 2 aliphatic rings. The van der Waals surface area contributed by atoms with Crippen molar-refractivity contribution in [2.45, 2.75) is 51.6 Å². The predicted molar refractivity (Wildman–Crippen MR) is 119 cm³/mol. The van der Waals surface area contributed by atoms with Gasteiger partial charge in [-0.1, -0.05) is 0 Å². The molecule has 5 rings (SSSR count). The molecule has 158 valence electrons. The maximum Gasteiger partial charge on any atom is 0.264 e. The van der Waals surface area contributed by atoms with Crippen molar-refractivity contribution in [3.05, 3.63) is 45.4 Å². The summed E-state index contributed by atoms with van der Waals surface area (Å²) >= 11 is 1.56. The second-order valence-electron chi connectivity index (χ2n) is 8.53. The predicted octanol–water partition coefficient (Wildman–Crippen LogP) is 3.31. The minimum Gasteiger partial charge on any atom is -0.355 e. The van der Waals surface area contributed by atoms with Gasteiger partial charge in [0.05, 0.1) is 16.6 Å². The average molecular weight is 425 g/mol. The van der Waals surface area contributed by atoms with Crippen molar-refractivity contribution < 1.29 is 4.79 Å². The molecular weight excluding hydrogens is 396 g/mol. The topological polar surface area (TPSA) is 79.8 Å². The van der Waals surface area contributed by atoms with E-state index in [-0.39, 0.29) is 18.0 Å². The molecule has 2 fully saturated rings. The van der Waals surface area contributed by atoms with Crippen LogP contribution in [-0.4, -0.2) is 51.1 Å². The first-order chi connectivity index (χ1) is 14.5. The maximum atomic E-state index is 13.2. The van der Waals surface area contributed by atoms with Gasteiger partial charge in [0.1, 0.15) is 5.82 Å². The van der Waals surface area contributed by atoms with E-state index in [0.717, 1.165) is 77.8 Å². The van der Waals surface area contributed by atoms with E-state index in [1.807, 2.05) is 34.7 Å². The molecule has 3 aromatic rings. The molecule has 0 aromatic carbocycles. The van der Waals surface area contributed by atoms with E-state index in [1.165, 1.54) is 0 Å². The summed E-state index contributed by atoms with van der Waals surface area (Å²) < 4.78 is 1.86. The quantitative estimate of drug-likeness (QED) is 0.698. The smallest absolute Gasteiger partial charge is 0.264 e. The zero-order valence-electron chi connectivity index (χ0n) is 17.5. The number of piperidine rings is 1. The van der Waals surface area contributed by atoms with E-state index in [0.29, 0.717) is 0 Å². The summed E-state index contributed by atoms with van der Waals surface area (Å²) in [6, 6.07) is 6.22. The number of hydrogen-bond acceptors (Lipinski definition) is 6. The lowest BCUT2D eigenvalue weighted by molar-refractivity contribution is 0.0611. The summed E-state index contributed by atoms with van der Waals surface area (Å²) in [7, 11) is 0. The number of hydrogen-bond donors (Lipinski definition) is 1. The molecule has 0 spiro atoms. The lowest BCUT2D eigenvalue weighted by Crippen LogP contribution is -2.38. The summed E-state index contributed by atoms with van der Waals surface area (Å²) in [5.41, 5.74) is 8.95. The van der Waals surface area contributed by atoms with Crippen LogP contribution in [0.1, 0.15) is 57.5 Å². The molecule has 0 unspecified atom stereocenters. The first kappa shape index (κ1) is 19.5. The van der Waals surface area contributed by atoms with E-state index < -0.39 is 0 Å². The number of carbonyl (C=O) groups is 1. The number of likely N-dealkylation sites (tertiary alicyclic amines) is 1. The van der Waals surface area contributed by atoms with E-state index >= 15 is 0 Å². The van der Waals surface area contributed by atoms with Crippen LogP contribution in [0, 0.1) is 13.8 Å². The fraction of sp³-hybridized carbons (Fsp3) is 0.500. The van der Waals surface area contributed by atoms with Crippen LogP contribution in [0.25, 0.3) is 5.65 Å². The third-order valence-corrected chi connectivity index (χ3v) is 7.19. The number of aromatic nitrogens is 3. The van der Waals surface area contributed by atoms with Gasteiger partial charge in [-0.2, -0.15) is 5.10 Å². The fourth-order valence-electron chi connectivity index (χ4n) is 4.66. The molecule has 2 saturated heterocycles. The Labute approximate surface area is 180 Å². The van der Waals surface area contributed by atoms with Crippen molar-refractivity contribution in [3.8, 4) is 0 Å². The molecule has 7 nitrogen and oxygen atoms in total. The highest BCUT2D eigenvalue weighted by molar-refractivity contribution is 7.13. The highest BCUT2D eigenvalue weighted by Gasteiger charge is 2.31. The largest absolute Gasteiger partial charge is 0.355 e. The highest BCUT2D eigenvalue weighted by Crippen LogP contribution is 2.33. The van der Waals surface area contributed by atoms with Gasteiger partial charge in [0.25, 0.3) is 5.91 Å². The molecule has 0 saturated carbocycles. The summed E-state index contributed by atoms with van der Waals surface area (Å²) in [6.45, 7) is 6.67. The van der Waals surface area contributed by atoms with Crippen LogP contribution in [0.4, 0.5) is 5.82 Å². The number of rotatable bonds is 3. The van der Waals surface area contributed by atoms with Gasteiger partial charge < -0.3 is 15.5 Å². The Hall–Kier alpha value is -2.45. The van der Waals surface area contributed by atoms with E-state index in [9.17, 15) is 4.79 Å². The van der Waals surface area contributed by atoms with Gasteiger partial charge in [0, 0.05) is 48.4 Å². The lowest BCUT2D eigenvalue weighted by atomic mass is 9.99. The van der Waals surface area contributed by atoms with Crippen molar-refractivity contribution in [2.75, 3.05) is 24.5 Å². The van der Waals surface area contributed by atoms with Crippen molar-refractivity contribution in [1.82, 2.24) is 19.5 Å². The molecule has 2 atom stereocenters. The van der Waals surface area contributed by atoms with Crippen LogP contribution in [0.5, 0.6) is 0 Å². The van der Waals surface area contributed by atoms with Crippen molar-refractivity contribution >= 4 is 28.7 Å². The number of amides is 1. The SMILES string of the molecule is Cc1ccc(C(=O)N2CCCC[C@H]2c2cc3nc(N4CC[C@H](N)C4)c(C)cn3n2)s1. The molecule has 0 aliphatic carbocycles. The van der Waals surface area contributed by atoms with Crippen molar-refractivity contribution in [3.63, 3.8) is 0 Å². The number of nitrogens with zero attached hydrogens (tertiary/aromatic N) is 5. The fourth-order valence-corrected chi connectivity index (χ4v) is 5.48. The van der Waals surface area contributed by atoms with Gasteiger partial charge in [-0.05, 0) is 51.7 Å². The van der Waals surface area contributed by atoms with E-state index in [4.69, 9.17) is 15.8 Å². The first-order valence-corrected chi connectivity index (χ1v) is 11.6. The Morgan fingerprint density at radius 2 is 2.07 bits per heavy atom. The van der Waals surface area contributed by atoms with Gasteiger partial charge in [0.15, 0.2) is 5.65 Å². The van der Waals surface area contributed by atoms with Gasteiger partial charge in [-0.25, -0.2) is 9.50 Å². The third kappa shape index (κ3) is 3.48. The molecule has 1 amide bonds. The zero-order chi connectivity index (χ0) is 20.8. The van der Waals surface area contributed by atoms with Crippen LogP contribution >= 0.6 is 11.3 Å². The van der Waals surface area contributed by atoms with Crippen LogP contribution in [0.15, 0.2) is 24.4 Å². The normalized spacial score (nSPS) is 22.2. The number of thiophene rings is 1. The summed E-state index contributed by atoms with van der Waals surface area (Å²) in [5, 5.41) is 4.83. The Bertz CT molecular complexity index is 1090. The minimum atomic E-state index is -0.000629. The average Bonchev–Trinajstić information content (AvgIpc) is 3.46. The van der Waals surface area contributed by atoms with Crippen LogP contribution in [0.3, 0.4) is 0 Å². The van der Waals surface area contributed by atoms with Crippen LogP contribution < -0.4 is 10.6 Å². The molecule has 8 heteroatoms. The Morgan fingerprint density at radius 3 is 2.80 bits per heavy atom. The van der Waals surface area contributed by atoms with Gasteiger partial charge in [-0.3, -0.25) is 4.79 Å². The Kier molecular flexibility index (Phi) is 4.99. The number of carbonyl (C=O) groups excluding carboxylic acids is 1. The minimum absolute atomic E-state index is 0.000629. The van der Waals surface area contributed by atoms with Gasteiger partial charge in [0.2, 0.25) is 0 Å². The van der Waals surface area contributed by atoms with Gasteiger partial charge >= 0.3 is 0 Å². The van der Waals surface area contributed by atoms with Gasteiger partial charge in [-0.15, -0.1) is 11.3 Å². The summed E-state index contributed by atoms with van der Waals surface area (Å²) in [4.78, 5) is 24.3. The number of fused-ring (bicyclic) bond motifs is 1. The van der Waals surface area contributed by atoms with E-state index in [1.54, 1.807) is 11.3 Å². The molecule has 2 aliphatic heterocycles. The Morgan fingerprint density at radius 1 is 1.20 bits per heavy atom. The lowest BCUT2D eigenvalue weighted by Gasteiger charge is -2.34. The molecule has 3 aromatic heterocycles. The molecule has 0 bridgehead atoms. The number of nitrogens with two attached hydrogens (primary N) is 1. The molecular formula is C22H28N6OS. The molecule has 0 radical (unpaired) electrons. The van der Waals surface area contributed by atoms with Crippen molar-refractivity contribution in [2.24, 2.45) is 5.73 Å². The number of aryl methyl sites for hydroxylation is 2. The molecule has 30 heavy (non-hydrogen) atoms. The van der Waals surface area contributed by atoms with Crippen molar-refractivity contribution in [1.29, 1.82) is 0 Å². The summed E-state index contributed by atoms with van der Waals surface area (Å²) in [5.74, 6) is 1.11. The standard InChI is InChI=1S/C22H28N6OS/c1-14-12-28-20(24-21(14)26-10-8-16(23)13-26)11-17(25-28)18-5-3-4-9-27(18)22(29)19-7-6-15(2)30-19/h6-7,11-12,16,18H,3-5,8-10,13,23H2,1-2H3/t16-,18-/m0/s1. The summed E-state index contributed by atoms with van der Waals surface area (Å²) in [6.07, 6.45) is 6.12.